The van der Waals surface area contributed by atoms with E-state index in [2.05, 4.69) is 85.5 Å². The molecule has 2 aliphatic heterocycles. The molecule has 302 valence electrons. The first-order chi connectivity index (χ1) is 22.5. The van der Waals surface area contributed by atoms with Crippen LogP contribution in [0.3, 0.4) is 0 Å². The Morgan fingerprint density at radius 2 is 0.620 bits per heavy atom. The number of aliphatic carboxylic acids is 3. The molecule has 2 fully saturated rings. The summed E-state index contributed by atoms with van der Waals surface area (Å²) < 4.78 is 0. The van der Waals surface area contributed by atoms with Crippen molar-refractivity contribution in [1.82, 2.24) is 29.4 Å². The summed E-state index contributed by atoms with van der Waals surface area (Å²) in [6.07, 6.45) is 7.43. The number of carbonyl (C=O) groups is 3. The van der Waals surface area contributed by atoms with Gasteiger partial charge in [-0.05, 0) is 68.0 Å². The Hall–Kier alpha value is -0.791. The minimum absolute atomic E-state index is 0. The summed E-state index contributed by atoms with van der Waals surface area (Å²) >= 11 is 0. The van der Waals surface area contributed by atoms with Gasteiger partial charge in [-0.25, -0.2) is 0 Å². The molecular weight excluding hydrogens is 722 g/mol. The summed E-state index contributed by atoms with van der Waals surface area (Å²) in [4.78, 5) is 44.3. The van der Waals surface area contributed by atoms with Gasteiger partial charge in [-0.2, -0.15) is 0 Å². The molecule has 0 aromatic rings. The molecule has 3 N–H and O–H groups in total. The van der Waals surface area contributed by atoms with Gasteiger partial charge in [0.05, 0.1) is 11.8 Å². The molecule has 14 heteroatoms. The number of carboxylic acid groups (broad SMARTS) is 3. The first-order valence-electron chi connectivity index (χ1n) is 18.3. The number of hydrogen-bond donors (Lipinski definition) is 3. The van der Waals surface area contributed by atoms with Crippen molar-refractivity contribution in [2.24, 2.45) is 11.8 Å². The second kappa shape index (κ2) is 39.4. The molecule has 0 spiro atoms. The van der Waals surface area contributed by atoms with E-state index in [1.807, 2.05) is 13.8 Å². The summed E-state index contributed by atoms with van der Waals surface area (Å²) in [5, 5.41) is 24.6. The van der Waals surface area contributed by atoms with Crippen molar-refractivity contribution in [1.29, 1.82) is 0 Å². The van der Waals surface area contributed by atoms with Gasteiger partial charge in [-0.1, -0.05) is 53.4 Å². The molecule has 0 amide bonds. The van der Waals surface area contributed by atoms with Gasteiger partial charge in [-0.3, -0.25) is 14.4 Å². The predicted octanol–water partition coefficient (Wildman–Crippen LogP) is 4.25. The monoisotopic (exact) mass is 800 g/mol. The Bertz CT molecular complexity index is 658. The zero-order valence-corrected chi connectivity index (χ0v) is 36.2. The second-order valence-electron chi connectivity index (χ2n) is 13.5. The van der Waals surface area contributed by atoms with Crippen LogP contribution in [0.15, 0.2) is 0 Å². The Morgan fingerprint density at radius 1 is 0.460 bits per heavy atom. The Balaban J connectivity index is -0.000000172. The maximum Gasteiger partial charge on any atom is 0.306 e. The van der Waals surface area contributed by atoms with Crippen LogP contribution < -0.4 is 0 Å². The third-order valence-corrected chi connectivity index (χ3v) is 8.68. The van der Waals surface area contributed by atoms with Crippen LogP contribution in [0.1, 0.15) is 86.0 Å². The summed E-state index contributed by atoms with van der Waals surface area (Å²) in [6, 6.07) is 0. The van der Waals surface area contributed by atoms with Crippen LogP contribution in [0.2, 0.25) is 0 Å². The molecule has 0 saturated carbocycles. The van der Waals surface area contributed by atoms with Gasteiger partial charge in [0.15, 0.2) is 0 Å². The SMILES string of the molecule is CC(=O)O.CCCCC(CC)C(=O)O.CCCCC(CC)C(=O)O.CN1CCN(C)CCN(C)CC1.CN1CCN(C)CCN(C)CC1.[Mn].[Mn]. The van der Waals surface area contributed by atoms with Crippen LogP contribution >= 0.6 is 0 Å². The van der Waals surface area contributed by atoms with Crippen molar-refractivity contribution >= 4 is 17.9 Å². The van der Waals surface area contributed by atoms with E-state index in [1.54, 1.807) is 0 Å². The minimum atomic E-state index is -0.833. The first-order valence-corrected chi connectivity index (χ1v) is 18.3. The molecule has 50 heavy (non-hydrogen) atoms. The Kier molecular flexibility index (Phi) is 46.1. The number of hydrogen-bond acceptors (Lipinski definition) is 9. The molecule has 2 unspecified atom stereocenters. The average molecular weight is 801 g/mol. The first kappa shape index (κ1) is 58.5. The van der Waals surface area contributed by atoms with Crippen LogP contribution in [-0.4, -0.2) is 183 Å². The molecule has 2 radical (unpaired) electrons. The van der Waals surface area contributed by atoms with E-state index in [1.165, 1.54) is 78.5 Å². The van der Waals surface area contributed by atoms with E-state index in [0.717, 1.165) is 58.3 Å². The standard InChI is InChI=1S/2C9H21N3.2C8H16O2.C2H4O2.2Mn/c2*1-10-4-6-11(2)8-9-12(3)7-5-10;2*1-3-5-6-7(4-2)8(9)10;1-2(3)4;;/h2*4-9H2,1-3H3;2*7H,3-6H2,1-2H3,(H,9,10);1H3,(H,3,4);;. The predicted molar refractivity (Wildman–Crippen MR) is 200 cm³/mol. The Morgan fingerprint density at radius 3 is 0.720 bits per heavy atom. The molecule has 2 saturated heterocycles. The zero-order valence-electron chi connectivity index (χ0n) is 33.8. The second-order valence-corrected chi connectivity index (χ2v) is 13.5. The van der Waals surface area contributed by atoms with Crippen LogP contribution in [0.25, 0.3) is 0 Å². The van der Waals surface area contributed by atoms with Crippen molar-refractivity contribution in [3.8, 4) is 0 Å². The van der Waals surface area contributed by atoms with Crippen molar-refractivity contribution in [3.63, 3.8) is 0 Å². The van der Waals surface area contributed by atoms with Crippen LogP contribution in [0.5, 0.6) is 0 Å². The van der Waals surface area contributed by atoms with Crippen molar-refractivity contribution in [2.75, 3.05) is 121 Å². The van der Waals surface area contributed by atoms with E-state index >= 15 is 0 Å². The zero-order chi connectivity index (χ0) is 37.5. The number of rotatable bonds is 10. The van der Waals surface area contributed by atoms with Gasteiger partial charge in [0.2, 0.25) is 0 Å². The molecule has 2 aliphatic rings. The van der Waals surface area contributed by atoms with Gasteiger partial charge in [0, 0.05) is 120 Å². The smallest absolute Gasteiger partial charge is 0.306 e. The summed E-state index contributed by atoms with van der Waals surface area (Å²) in [7, 11) is 13.2. The fraction of sp³-hybridized carbons (Fsp3) is 0.917. The van der Waals surface area contributed by atoms with E-state index in [9.17, 15) is 9.59 Å². The van der Waals surface area contributed by atoms with Crippen molar-refractivity contribution in [3.05, 3.63) is 0 Å². The van der Waals surface area contributed by atoms with Gasteiger partial charge in [0.25, 0.3) is 5.97 Å². The third kappa shape index (κ3) is 41.6. The molecule has 2 rings (SSSR count). The summed E-state index contributed by atoms with van der Waals surface area (Å²) in [5.74, 6) is -2.34. The van der Waals surface area contributed by atoms with E-state index in [0.29, 0.717) is 0 Å². The number of carboxylic acids is 3. The maximum atomic E-state index is 10.4. The van der Waals surface area contributed by atoms with Gasteiger partial charge in [0.1, 0.15) is 0 Å². The number of likely N-dealkylation sites (N-methyl/N-ethyl adjacent to an activating group) is 6. The van der Waals surface area contributed by atoms with E-state index < -0.39 is 17.9 Å². The molecular formula is C36H78Mn2N6O6. The largest absolute Gasteiger partial charge is 0.481 e. The molecule has 0 aromatic heterocycles. The molecule has 2 atom stereocenters. The number of nitrogens with zero attached hydrogens (tertiary/aromatic N) is 6. The molecule has 0 aliphatic carbocycles. The average Bonchev–Trinajstić information content (AvgIpc) is 3.14. The fourth-order valence-electron chi connectivity index (χ4n) is 4.62. The normalized spacial score (nSPS) is 18.3. The summed E-state index contributed by atoms with van der Waals surface area (Å²) in [6.45, 7) is 23.5. The van der Waals surface area contributed by atoms with E-state index in [-0.39, 0.29) is 46.0 Å². The minimum Gasteiger partial charge on any atom is -0.481 e. The van der Waals surface area contributed by atoms with Crippen LogP contribution in [-0.2, 0) is 48.5 Å². The summed E-state index contributed by atoms with van der Waals surface area (Å²) in [5.41, 5.74) is 0. The van der Waals surface area contributed by atoms with Crippen LogP contribution in [0.4, 0.5) is 0 Å². The maximum absolute atomic E-state index is 10.4. The van der Waals surface area contributed by atoms with E-state index in [4.69, 9.17) is 20.1 Å². The third-order valence-electron chi connectivity index (χ3n) is 8.68. The topological polar surface area (TPSA) is 131 Å². The Labute approximate surface area is 328 Å². The molecule has 0 aromatic carbocycles. The van der Waals surface area contributed by atoms with Gasteiger partial charge >= 0.3 is 11.9 Å². The quantitative estimate of drug-likeness (QED) is 0.273. The van der Waals surface area contributed by atoms with Gasteiger partial charge in [-0.15, -0.1) is 0 Å². The van der Waals surface area contributed by atoms with Gasteiger partial charge < -0.3 is 44.7 Å². The molecule has 12 nitrogen and oxygen atoms in total. The van der Waals surface area contributed by atoms with Crippen molar-refractivity contribution in [2.45, 2.75) is 86.0 Å². The molecule has 0 bridgehead atoms. The van der Waals surface area contributed by atoms with Crippen molar-refractivity contribution < 1.29 is 63.8 Å². The molecule has 2 heterocycles. The fourth-order valence-corrected chi connectivity index (χ4v) is 4.62. The number of unbranched alkanes of at least 4 members (excludes halogenated alkanes) is 2. The van der Waals surface area contributed by atoms with Crippen LogP contribution in [0, 0.1) is 11.8 Å².